The molecule has 3 nitrogen and oxygen atoms in total. The standard InChI is InChI=1S/C16H17ClFNO2/c1-10(21-13-5-3-4-12(17)9-13)16(19)11-6-7-15(20-2)14(18)8-11/h3-10,16H,19H2,1-2H3. The molecule has 5 heteroatoms. The van der Waals surface area contributed by atoms with Crippen LogP contribution in [0.3, 0.4) is 0 Å². The first kappa shape index (κ1) is 15.6. The molecule has 2 aromatic carbocycles. The first-order valence-corrected chi connectivity index (χ1v) is 6.90. The zero-order chi connectivity index (χ0) is 15.4. The molecule has 0 aromatic heterocycles. The van der Waals surface area contributed by atoms with Gasteiger partial charge in [0, 0.05) is 5.02 Å². The second-order valence-electron chi connectivity index (χ2n) is 4.70. The summed E-state index contributed by atoms with van der Waals surface area (Å²) in [4.78, 5) is 0. The maximum atomic E-state index is 13.7. The van der Waals surface area contributed by atoms with Gasteiger partial charge in [-0.15, -0.1) is 0 Å². The Bertz CT molecular complexity index is 621. The molecule has 112 valence electrons. The van der Waals surface area contributed by atoms with E-state index in [2.05, 4.69) is 0 Å². The van der Waals surface area contributed by atoms with Crippen LogP contribution >= 0.6 is 11.6 Å². The number of benzene rings is 2. The van der Waals surface area contributed by atoms with Crippen molar-refractivity contribution in [2.75, 3.05) is 7.11 Å². The molecule has 0 aliphatic carbocycles. The third-order valence-electron chi connectivity index (χ3n) is 3.18. The van der Waals surface area contributed by atoms with E-state index in [1.54, 1.807) is 36.4 Å². The minimum Gasteiger partial charge on any atom is -0.494 e. The Morgan fingerprint density at radius 2 is 1.95 bits per heavy atom. The van der Waals surface area contributed by atoms with Gasteiger partial charge >= 0.3 is 0 Å². The topological polar surface area (TPSA) is 44.5 Å². The van der Waals surface area contributed by atoms with Gasteiger partial charge in [0.05, 0.1) is 13.2 Å². The summed E-state index contributed by atoms with van der Waals surface area (Å²) >= 11 is 5.90. The van der Waals surface area contributed by atoms with Gasteiger partial charge in [-0.25, -0.2) is 4.39 Å². The number of rotatable bonds is 5. The van der Waals surface area contributed by atoms with E-state index in [1.165, 1.54) is 13.2 Å². The number of hydrogen-bond acceptors (Lipinski definition) is 3. The number of nitrogens with two attached hydrogens (primary N) is 1. The first-order chi connectivity index (χ1) is 10.0. The monoisotopic (exact) mass is 309 g/mol. The molecule has 0 spiro atoms. The number of methoxy groups -OCH3 is 1. The van der Waals surface area contributed by atoms with Crippen molar-refractivity contribution in [3.63, 3.8) is 0 Å². The summed E-state index contributed by atoms with van der Waals surface area (Å²) < 4.78 is 24.3. The van der Waals surface area contributed by atoms with E-state index in [9.17, 15) is 4.39 Å². The molecule has 0 saturated carbocycles. The van der Waals surface area contributed by atoms with E-state index in [-0.39, 0.29) is 11.9 Å². The van der Waals surface area contributed by atoms with Crippen LogP contribution in [0, 0.1) is 5.82 Å². The number of halogens is 2. The Morgan fingerprint density at radius 1 is 1.19 bits per heavy atom. The maximum Gasteiger partial charge on any atom is 0.165 e. The van der Waals surface area contributed by atoms with Crippen LogP contribution in [-0.4, -0.2) is 13.2 Å². The van der Waals surface area contributed by atoms with Crippen molar-refractivity contribution in [2.45, 2.75) is 19.1 Å². The van der Waals surface area contributed by atoms with Gasteiger partial charge in [-0.3, -0.25) is 0 Å². The molecule has 0 saturated heterocycles. The molecule has 21 heavy (non-hydrogen) atoms. The van der Waals surface area contributed by atoms with E-state index in [4.69, 9.17) is 26.8 Å². The van der Waals surface area contributed by atoms with Crippen LogP contribution in [0.15, 0.2) is 42.5 Å². The van der Waals surface area contributed by atoms with E-state index >= 15 is 0 Å². The quantitative estimate of drug-likeness (QED) is 0.909. The highest BCUT2D eigenvalue weighted by Crippen LogP contribution is 2.25. The predicted octanol–water partition coefficient (Wildman–Crippen LogP) is 3.96. The van der Waals surface area contributed by atoms with Crippen LogP contribution in [0.2, 0.25) is 5.02 Å². The van der Waals surface area contributed by atoms with Crippen LogP contribution in [0.1, 0.15) is 18.5 Å². The third kappa shape index (κ3) is 3.86. The van der Waals surface area contributed by atoms with Crippen molar-refractivity contribution < 1.29 is 13.9 Å². The first-order valence-electron chi connectivity index (χ1n) is 6.52. The van der Waals surface area contributed by atoms with Crippen molar-refractivity contribution in [2.24, 2.45) is 5.73 Å². The highest BCUT2D eigenvalue weighted by atomic mass is 35.5. The largest absolute Gasteiger partial charge is 0.494 e. The molecule has 0 bridgehead atoms. The van der Waals surface area contributed by atoms with Crippen LogP contribution in [0.4, 0.5) is 4.39 Å². The zero-order valence-electron chi connectivity index (χ0n) is 11.8. The van der Waals surface area contributed by atoms with Crippen molar-refractivity contribution in [1.29, 1.82) is 0 Å². The third-order valence-corrected chi connectivity index (χ3v) is 3.42. The molecule has 0 fully saturated rings. The Kier molecular flexibility index (Phi) is 5.04. The lowest BCUT2D eigenvalue weighted by molar-refractivity contribution is 0.190. The maximum absolute atomic E-state index is 13.7. The van der Waals surface area contributed by atoms with Crippen molar-refractivity contribution >= 4 is 11.6 Å². The molecular formula is C16H17ClFNO2. The number of ether oxygens (including phenoxy) is 2. The van der Waals surface area contributed by atoms with E-state index < -0.39 is 11.9 Å². The molecule has 2 atom stereocenters. The second kappa shape index (κ2) is 6.78. The Morgan fingerprint density at radius 3 is 2.57 bits per heavy atom. The van der Waals surface area contributed by atoms with Gasteiger partial charge in [0.25, 0.3) is 0 Å². The fraction of sp³-hybridized carbons (Fsp3) is 0.250. The normalized spacial score (nSPS) is 13.6. The Balaban J connectivity index is 2.11. The minimum atomic E-state index is -0.468. The fourth-order valence-corrected chi connectivity index (χ4v) is 2.17. The Labute approximate surface area is 128 Å². The summed E-state index contributed by atoms with van der Waals surface area (Å²) in [5.41, 5.74) is 6.76. The molecule has 0 radical (unpaired) electrons. The van der Waals surface area contributed by atoms with Crippen LogP contribution in [0.5, 0.6) is 11.5 Å². The van der Waals surface area contributed by atoms with Crippen molar-refractivity contribution in [3.8, 4) is 11.5 Å². The lowest BCUT2D eigenvalue weighted by atomic mass is 10.0. The van der Waals surface area contributed by atoms with Crippen molar-refractivity contribution in [3.05, 3.63) is 58.9 Å². The summed E-state index contributed by atoms with van der Waals surface area (Å²) in [6, 6.07) is 11.2. The van der Waals surface area contributed by atoms with Gasteiger partial charge in [-0.05, 0) is 42.8 Å². The van der Waals surface area contributed by atoms with Gasteiger partial charge in [0.1, 0.15) is 11.9 Å². The Hall–Kier alpha value is -1.78. The smallest absolute Gasteiger partial charge is 0.165 e. The number of hydrogen-bond donors (Lipinski definition) is 1. The molecule has 2 rings (SSSR count). The molecule has 2 N–H and O–H groups in total. The molecule has 2 aromatic rings. The lowest BCUT2D eigenvalue weighted by Crippen LogP contribution is -2.28. The minimum absolute atomic E-state index is 0.189. The highest BCUT2D eigenvalue weighted by molar-refractivity contribution is 6.30. The molecular weight excluding hydrogens is 293 g/mol. The average molecular weight is 310 g/mol. The SMILES string of the molecule is COc1ccc(C(N)C(C)Oc2cccc(Cl)c2)cc1F. The van der Waals surface area contributed by atoms with Crippen LogP contribution in [0.25, 0.3) is 0 Å². The van der Waals surface area contributed by atoms with Crippen LogP contribution < -0.4 is 15.2 Å². The summed E-state index contributed by atoms with van der Waals surface area (Å²) in [5, 5.41) is 0.587. The van der Waals surface area contributed by atoms with Gasteiger partial charge in [0.2, 0.25) is 0 Å². The zero-order valence-corrected chi connectivity index (χ0v) is 12.6. The van der Waals surface area contributed by atoms with Gasteiger partial charge in [-0.1, -0.05) is 23.7 Å². The molecule has 0 heterocycles. The summed E-state index contributed by atoms with van der Waals surface area (Å²) in [5.74, 6) is 0.370. The molecule has 0 aliphatic rings. The summed E-state index contributed by atoms with van der Waals surface area (Å²) in [7, 11) is 1.42. The van der Waals surface area contributed by atoms with Crippen molar-refractivity contribution in [1.82, 2.24) is 0 Å². The lowest BCUT2D eigenvalue weighted by Gasteiger charge is -2.22. The highest BCUT2D eigenvalue weighted by Gasteiger charge is 2.18. The summed E-state index contributed by atoms with van der Waals surface area (Å²) in [6.45, 7) is 1.83. The average Bonchev–Trinajstić information content (AvgIpc) is 2.46. The van der Waals surface area contributed by atoms with E-state index in [0.29, 0.717) is 16.3 Å². The molecule has 2 unspecified atom stereocenters. The molecule has 0 amide bonds. The summed E-state index contributed by atoms with van der Waals surface area (Å²) in [6.07, 6.45) is -0.337. The van der Waals surface area contributed by atoms with E-state index in [0.717, 1.165) is 0 Å². The van der Waals surface area contributed by atoms with Crippen LogP contribution in [-0.2, 0) is 0 Å². The van der Waals surface area contributed by atoms with E-state index in [1.807, 2.05) is 6.92 Å². The predicted molar refractivity (Wildman–Crippen MR) is 81.4 cm³/mol. The molecule has 0 aliphatic heterocycles. The van der Waals surface area contributed by atoms with Gasteiger partial charge in [-0.2, -0.15) is 0 Å². The second-order valence-corrected chi connectivity index (χ2v) is 5.14. The fourth-order valence-electron chi connectivity index (χ4n) is 1.99. The van der Waals surface area contributed by atoms with Gasteiger partial charge < -0.3 is 15.2 Å². The van der Waals surface area contributed by atoms with Gasteiger partial charge in [0.15, 0.2) is 11.6 Å².